The van der Waals surface area contributed by atoms with Crippen LogP contribution in [-0.4, -0.2) is 29.7 Å². The van der Waals surface area contributed by atoms with Crippen LogP contribution in [0.2, 0.25) is 0 Å². The minimum absolute atomic E-state index is 0.0146. The zero-order valence-corrected chi connectivity index (χ0v) is 13.3. The van der Waals surface area contributed by atoms with Gasteiger partial charge < -0.3 is 15.4 Å². The maximum atomic E-state index is 12.1. The summed E-state index contributed by atoms with van der Waals surface area (Å²) in [6, 6.07) is -0.654. The number of hydrogen-bond acceptors (Lipinski definition) is 3. The molecule has 1 atom stereocenters. The van der Waals surface area contributed by atoms with Crippen LogP contribution < -0.4 is 10.6 Å². The molecule has 0 radical (unpaired) electrons. The first kappa shape index (κ1) is 16.8. The highest BCUT2D eigenvalue weighted by Gasteiger charge is 2.29. The normalized spacial score (nSPS) is 17.9. The Labute approximate surface area is 121 Å². The molecule has 1 fully saturated rings. The average Bonchev–Trinajstić information content (AvgIpc) is 2.75. The van der Waals surface area contributed by atoms with E-state index in [0.717, 1.165) is 25.7 Å². The summed E-state index contributed by atoms with van der Waals surface area (Å²) in [5, 5.41) is 5.67. The van der Waals surface area contributed by atoms with Gasteiger partial charge in [-0.25, -0.2) is 9.59 Å². The number of ether oxygens (including phenoxy) is 1. The van der Waals surface area contributed by atoms with Gasteiger partial charge in [0, 0.05) is 6.04 Å². The summed E-state index contributed by atoms with van der Waals surface area (Å²) in [7, 11) is 0. The predicted molar refractivity (Wildman–Crippen MR) is 78.4 cm³/mol. The molecule has 0 aromatic heterocycles. The standard InChI is InChI=1S/C15H28N2O3/c1-10(2)12(13(18)20-15(3,4)5)17-14(19)16-11-8-6-7-9-11/h10-12H,6-9H2,1-5H3,(H2,16,17,19)/t12-/m0/s1. The molecule has 5 nitrogen and oxygen atoms in total. The van der Waals surface area contributed by atoms with Gasteiger partial charge in [-0.3, -0.25) is 0 Å². The van der Waals surface area contributed by atoms with E-state index in [0.29, 0.717) is 0 Å². The second kappa shape index (κ2) is 6.95. The van der Waals surface area contributed by atoms with Gasteiger partial charge in [0.25, 0.3) is 0 Å². The van der Waals surface area contributed by atoms with Crippen LogP contribution in [0, 0.1) is 5.92 Å². The number of rotatable bonds is 4. The summed E-state index contributed by atoms with van der Waals surface area (Å²) in [5.41, 5.74) is -0.548. The molecule has 1 rings (SSSR count). The van der Waals surface area contributed by atoms with Crippen LogP contribution in [0.3, 0.4) is 0 Å². The fraction of sp³-hybridized carbons (Fsp3) is 0.867. The molecular weight excluding hydrogens is 256 g/mol. The number of nitrogens with one attached hydrogen (secondary N) is 2. The van der Waals surface area contributed by atoms with Crippen molar-refractivity contribution < 1.29 is 14.3 Å². The molecule has 5 heteroatoms. The Kier molecular flexibility index (Phi) is 5.84. The first-order chi connectivity index (χ1) is 9.19. The number of urea groups is 1. The Morgan fingerprint density at radius 3 is 2.15 bits per heavy atom. The second-order valence-corrected chi connectivity index (χ2v) is 6.85. The smallest absolute Gasteiger partial charge is 0.329 e. The third-order valence-electron chi connectivity index (χ3n) is 3.30. The van der Waals surface area contributed by atoms with E-state index in [-0.39, 0.29) is 24.0 Å². The van der Waals surface area contributed by atoms with Crippen molar-refractivity contribution in [3.8, 4) is 0 Å². The Hall–Kier alpha value is -1.26. The van der Waals surface area contributed by atoms with E-state index in [1.54, 1.807) is 0 Å². The highest BCUT2D eigenvalue weighted by atomic mass is 16.6. The molecule has 0 spiro atoms. The maximum absolute atomic E-state index is 12.1. The van der Waals surface area contributed by atoms with Crippen molar-refractivity contribution in [1.82, 2.24) is 10.6 Å². The maximum Gasteiger partial charge on any atom is 0.329 e. The summed E-state index contributed by atoms with van der Waals surface area (Å²) >= 11 is 0. The topological polar surface area (TPSA) is 67.4 Å². The zero-order chi connectivity index (χ0) is 15.3. The monoisotopic (exact) mass is 284 g/mol. The van der Waals surface area contributed by atoms with E-state index < -0.39 is 11.6 Å². The molecule has 20 heavy (non-hydrogen) atoms. The summed E-state index contributed by atoms with van der Waals surface area (Å²) in [6.07, 6.45) is 4.35. The van der Waals surface area contributed by atoms with Crippen LogP contribution in [0.15, 0.2) is 0 Å². The number of amides is 2. The number of carbonyl (C=O) groups is 2. The molecule has 116 valence electrons. The average molecular weight is 284 g/mol. The van der Waals surface area contributed by atoms with E-state index >= 15 is 0 Å². The number of hydrogen-bond donors (Lipinski definition) is 2. The lowest BCUT2D eigenvalue weighted by Gasteiger charge is -2.27. The summed E-state index contributed by atoms with van der Waals surface area (Å²) in [5.74, 6) is -0.395. The Morgan fingerprint density at radius 1 is 1.15 bits per heavy atom. The summed E-state index contributed by atoms with van der Waals surface area (Å²) < 4.78 is 5.35. The van der Waals surface area contributed by atoms with Crippen molar-refractivity contribution in [2.75, 3.05) is 0 Å². The number of carbonyl (C=O) groups excluding carboxylic acids is 2. The summed E-state index contributed by atoms with van der Waals surface area (Å²) in [6.45, 7) is 9.25. The molecule has 0 aromatic carbocycles. The van der Waals surface area contributed by atoms with Gasteiger partial charge in [0.2, 0.25) is 0 Å². The Balaban J connectivity index is 2.53. The zero-order valence-electron chi connectivity index (χ0n) is 13.3. The van der Waals surface area contributed by atoms with Gasteiger partial charge in [-0.15, -0.1) is 0 Å². The minimum atomic E-state index is -0.615. The number of esters is 1. The second-order valence-electron chi connectivity index (χ2n) is 6.85. The molecule has 0 unspecified atom stereocenters. The van der Waals surface area contributed by atoms with Gasteiger partial charge in [0.05, 0.1) is 0 Å². The highest BCUT2D eigenvalue weighted by Crippen LogP contribution is 2.17. The van der Waals surface area contributed by atoms with Crippen LogP contribution in [0.5, 0.6) is 0 Å². The van der Waals surface area contributed by atoms with Crippen molar-refractivity contribution in [3.63, 3.8) is 0 Å². The predicted octanol–water partition coefficient (Wildman–Crippen LogP) is 2.59. The van der Waals surface area contributed by atoms with Gasteiger partial charge in [-0.2, -0.15) is 0 Å². The van der Waals surface area contributed by atoms with Crippen LogP contribution in [0.1, 0.15) is 60.3 Å². The lowest BCUT2D eigenvalue weighted by molar-refractivity contribution is -0.158. The third-order valence-corrected chi connectivity index (χ3v) is 3.30. The summed E-state index contributed by atoms with van der Waals surface area (Å²) in [4.78, 5) is 24.1. The fourth-order valence-electron chi connectivity index (χ4n) is 2.30. The molecule has 0 heterocycles. The van der Waals surface area contributed by atoms with Gasteiger partial charge in [-0.1, -0.05) is 26.7 Å². The van der Waals surface area contributed by atoms with Crippen LogP contribution >= 0.6 is 0 Å². The molecule has 1 aliphatic rings. The van der Waals surface area contributed by atoms with Crippen LogP contribution in [-0.2, 0) is 9.53 Å². The highest BCUT2D eigenvalue weighted by molar-refractivity contribution is 5.84. The van der Waals surface area contributed by atoms with Crippen molar-refractivity contribution in [1.29, 1.82) is 0 Å². The van der Waals surface area contributed by atoms with E-state index in [2.05, 4.69) is 10.6 Å². The molecule has 0 bridgehead atoms. The molecule has 0 saturated heterocycles. The lowest BCUT2D eigenvalue weighted by atomic mass is 10.0. The third kappa shape index (κ3) is 5.80. The molecule has 2 N–H and O–H groups in total. The van der Waals surface area contributed by atoms with Gasteiger partial charge >= 0.3 is 12.0 Å². The lowest BCUT2D eigenvalue weighted by Crippen LogP contribution is -2.52. The minimum Gasteiger partial charge on any atom is -0.458 e. The van der Waals surface area contributed by atoms with Crippen molar-refractivity contribution in [2.45, 2.75) is 78.0 Å². The van der Waals surface area contributed by atoms with Crippen LogP contribution in [0.4, 0.5) is 4.79 Å². The largest absolute Gasteiger partial charge is 0.458 e. The van der Waals surface area contributed by atoms with Gasteiger partial charge in [0.15, 0.2) is 0 Å². The molecule has 2 amide bonds. The molecule has 0 aliphatic heterocycles. The van der Waals surface area contributed by atoms with E-state index in [4.69, 9.17) is 4.74 Å². The Bertz CT molecular complexity index is 342. The van der Waals surface area contributed by atoms with Crippen molar-refractivity contribution in [2.24, 2.45) is 5.92 Å². The quantitative estimate of drug-likeness (QED) is 0.780. The fourth-order valence-corrected chi connectivity index (χ4v) is 2.30. The molecular formula is C15H28N2O3. The molecule has 1 saturated carbocycles. The van der Waals surface area contributed by atoms with Crippen molar-refractivity contribution >= 4 is 12.0 Å². The van der Waals surface area contributed by atoms with Crippen LogP contribution in [0.25, 0.3) is 0 Å². The van der Waals surface area contributed by atoms with Gasteiger partial charge in [-0.05, 0) is 39.5 Å². The SMILES string of the molecule is CC(C)[C@H](NC(=O)NC1CCCC1)C(=O)OC(C)(C)C. The van der Waals surface area contributed by atoms with E-state index in [1.165, 1.54) is 0 Å². The molecule has 1 aliphatic carbocycles. The van der Waals surface area contributed by atoms with Gasteiger partial charge in [0.1, 0.15) is 11.6 Å². The van der Waals surface area contributed by atoms with E-state index in [1.807, 2.05) is 34.6 Å². The first-order valence-corrected chi connectivity index (χ1v) is 7.49. The first-order valence-electron chi connectivity index (χ1n) is 7.49. The molecule has 0 aromatic rings. The Morgan fingerprint density at radius 2 is 1.70 bits per heavy atom. The van der Waals surface area contributed by atoms with Crippen molar-refractivity contribution in [3.05, 3.63) is 0 Å². The van der Waals surface area contributed by atoms with E-state index in [9.17, 15) is 9.59 Å².